The third-order valence-corrected chi connectivity index (χ3v) is 7.32. The Bertz CT molecular complexity index is 1430. The molecule has 0 saturated carbocycles. The van der Waals surface area contributed by atoms with Crippen LogP contribution in [0.25, 0.3) is 0 Å². The molecule has 0 bridgehead atoms. The number of halogens is 1. The molecule has 1 unspecified atom stereocenters. The molecule has 2 aromatic carbocycles. The molecule has 3 N–H and O–H groups in total. The number of nitrogens with zero attached hydrogens (tertiary/aromatic N) is 1. The summed E-state index contributed by atoms with van der Waals surface area (Å²) in [5.41, 5.74) is 2.16. The van der Waals surface area contributed by atoms with Crippen LogP contribution in [0, 0.1) is 5.82 Å². The normalized spacial score (nSPS) is 16.8. The van der Waals surface area contributed by atoms with Crippen LogP contribution >= 0.6 is 11.8 Å². The van der Waals surface area contributed by atoms with Crippen LogP contribution in [0.5, 0.6) is 17.2 Å². The number of aromatic amines is 1. The summed E-state index contributed by atoms with van der Waals surface area (Å²) in [7, 11) is 2.83. The standard InChI is InChI=1S/C26H24FN3O5S/c1-34-18-10-14(11-19(35-2)23(18)32)20-21-16(8-5-9-17(21)31)28-24-22(20)25(33)30-26(29-24)36-12-13-6-3-4-7-15(13)27/h3-4,6-7,10-11,20,32H,5,8-9,12H2,1-2H3,(H2,28,29,30,33). The lowest BCUT2D eigenvalue weighted by atomic mass is 9.76. The smallest absolute Gasteiger partial charge is 0.257 e. The molecule has 1 aliphatic carbocycles. The fourth-order valence-corrected chi connectivity index (χ4v) is 5.53. The van der Waals surface area contributed by atoms with Crippen LogP contribution in [-0.2, 0) is 10.5 Å². The second kappa shape index (κ2) is 9.69. The molecule has 2 aliphatic rings. The minimum atomic E-state index is -0.727. The molecular formula is C26H24FN3O5S. The van der Waals surface area contributed by atoms with E-state index in [0.29, 0.717) is 46.9 Å². The van der Waals surface area contributed by atoms with Crippen molar-refractivity contribution in [3.63, 3.8) is 0 Å². The number of allylic oxidation sites excluding steroid dienone is 2. The zero-order chi connectivity index (χ0) is 25.4. The Morgan fingerprint density at radius 3 is 2.56 bits per heavy atom. The lowest BCUT2D eigenvalue weighted by Gasteiger charge is -2.33. The maximum absolute atomic E-state index is 14.1. The Morgan fingerprint density at radius 1 is 1.14 bits per heavy atom. The first-order chi connectivity index (χ1) is 17.4. The van der Waals surface area contributed by atoms with Gasteiger partial charge in [0.15, 0.2) is 22.4 Å². The topological polar surface area (TPSA) is 114 Å². The largest absolute Gasteiger partial charge is 0.502 e. The quantitative estimate of drug-likeness (QED) is 0.329. The number of aromatic hydroxyl groups is 1. The van der Waals surface area contributed by atoms with E-state index in [0.717, 1.165) is 5.70 Å². The number of thioether (sulfide) groups is 1. The first-order valence-electron chi connectivity index (χ1n) is 11.4. The molecule has 3 aromatic rings. The molecule has 2 heterocycles. The molecule has 0 spiro atoms. The number of phenols is 1. The van der Waals surface area contributed by atoms with Crippen LogP contribution in [0.15, 0.2) is 57.6 Å². The summed E-state index contributed by atoms with van der Waals surface area (Å²) in [4.78, 5) is 33.9. The molecular weight excluding hydrogens is 485 g/mol. The second-order valence-corrected chi connectivity index (χ2v) is 9.48. The highest BCUT2D eigenvalue weighted by Crippen LogP contribution is 2.47. The van der Waals surface area contributed by atoms with E-state index < -0.39 is 11.5 Å². The van der Waals surface area contributed by atoms with Crippen molar-refractivity contribution in [2.45, 2.75) is 36.1 Å². The van der Waals surface area contributed by atoms with Crippen molar-refractivity contribution >= 4 is 23.4 Å². The summed E-state index contributed by atoms with van der Waals surface area (Å²) in [5, 5.41) is 14.0. The maximum Gasteiger partial charge on any atom is 0.257 e. The number of methoxy groups -OCH3 is 2. The van der Waals surface area contributed by atoms with E-state index in [4.69, 9.17) is 9.47 Å². The lowest BCUT2D eigenvalue weighted by molar-refractivity contribution is -0.116. The summed E-state index contributed by atoms with van der Waals surface area (Å²) in [5.74, 6) is -0.316. The van der Waals surface area contributed by atoms with E-state index in [1.807, 2.05) is 0 Å². The van der Waals surface area contributed by atoms with Crippen LogP contribution in [0.2, 0.25) is 0 Å². The monoisotopic (exact) mass is 509 g/mol. The van der Waals surface area contributed by atoms with Gasteiger partial charge < -0.3 is 24.9 Å². The third kappa shape index (κ3) is 4.21. The molecule has 186 valence electrons. The summed E-state index contributed by atoms with van der Waals surface area (Å²) in [6.45, 7) is 0. The predicted octanol–water partition coefficient (Wildman–Crippen LogP) is 4.49. The Kier molecular flexibility index (Phi) is 6.44. The van der Waals surface area contributed by atoms with E-state index in [2.05, 4.69) is 15.3 Å². The maximum atomic E-state index is 14.1. The highest BCUT2D eigenvalue weighted by Gasteiger charge is 2.38. The van der Waals surface area contributed by atoms with Crippen molar-refractivity contribution < 1.29 is 23.8 Å². The number of hydrogen-bond acceptors (Lipinski definition) is 8. The third-order valence-electron chi connectivity index (χ3n) is 6.39. The minimum Gasteiger partial charge on any atom is -0.502 e. The Morgan fingerprint density at radius 2 is 1.86 bits per heavy atom. The van der Waals surface area contributed by atoms with Crippen LogP contribution in [-0.4, -0.2) is 35.1 Å². The van der Waals surface area contributed by atoms with Gasteiger partial charge in [0.05, 0.1) is 19.8 Å². The Balaban J connectivity index is 1.62. The van der Waals surface area contributed by atoms with E-state index in [1.165, 1.54) is 32.0 Å². The number of carbonyl (C=O) groups excluding carboxylic acids is 1. The Hall–Kier alpha value is -3.79. The van der Waals surface area contributed by atoms with Gasteiger partial charge in [-0.25, -0.2) is 9.37 Å². The molecule has 0 amide bonds. The first kappa shape index (κ1) is 23.9. The van der Waals surface area contributed by atoms with Gasteiger partial charge in [-0.2, -0.15) is 0 Å². The summed E-state index contributed by atoms with van der Waals surface area (Å²) < 4.78 is 24.7. The highest BCUT2D eigenvalue weighted by atomic mass is 32.2. The van der Waals surface area contributed by atoms with Gasteiger partial charge in [-0.3, -0.25) is 9.59 Å². The number of aromatic nitrogens is 2. The Labute approximate surface area is 210 Å². The van der Waals surface area contributed by atoms with E-state index in [9.17, 15) is 19.1 Å². The highest BCUT2D eigenvalue weighted by molar-refractivity contribution is 7.98. The molecule has 1 aromatic heterocycles. The number of nitrogens with one attached hydrogen (secondary N) is 2. The van der Waals surface area contributed by atoms with Crippen LogP contribution in [0.3, 0.4) is 0 Å². The van der Waals surface area contributed by atoms with Crippen LogP contribution in [0.4, 0.5) is 10.2 Å². The number of H-pyrrole nitrogens is 1. The number of ether oxygens (including phenoxy) is 2. The van der Waals surface area contributed by atoms with Gasteiger partial charge in [0.1, 0.15) is 11.6 Å². The molecule has 5 rings (SSSR count). The number of carbonyl (C=O) groups is 1. The van der Waals surface area contributed by atoms with E-state index in [-0.39, 0.29) is 40.2 Å². The lowest BCUT2D eigenvalue weighted by Crippen LogP contribution is -2.32. The number of ketones is 1. The SMILES string of the molecule is COc1cc(C2C3=C(CCCC3=O)Nc3nc(SCc4ccccc4F)[nH]c(=O)c32)cc(OC)c1O. The van der Waals surface area contributed by atoms with E-state index >= 15 is 0 Å². The number of anilines is 1. The van der Waals surface area contributed by atoms with Crippen molar-refractivity contribution in [1.82, 2.24) is 9.97 Å². The van der Waals surface area contributed by atoms with Crippen molar-refractivity contribution in [1.29, 1.82) is 0 Å². The van der Waals surface area contributed by atoms with E-state index in [1.54, 1.807) is 30.3 Å². The predicted molar refractivity (Wildman–Crippen MR) is 133 cm³/mol. The first-order valence-corrected chi connectivity index (χ1v) is 12.4. The number of hydrogen-bond donors (Lipinski definition) is 3. The number of fused-ring (bicyclic) bond motifs is 1. The van der Waals surface area contributed by atoms with Gasteiger partial charge in [-0.05, 0) is 42.2 Å². The zero-order valence-corrected chi connectivity index (χ0v) is 20.5. The van der Waals surface area contributed by atoms with Crippen LogP contribution < -0.4 is 20.3 Å². The van der Waals surface area contributed by atoms with Gasteiger partial charge in [0, 0.05) is 29.4 Å². The molecule has 0 saturated heterocycles. The van der Waals surface area contributed by atoms with Gasteiger partial charge in [0.2, 0.25) is 5.75 Å². The summed E-state index contributed by atoms with van der Waals surface area (Å²) in [6, 6.07) is 9.65. The summed E-state index contributed by atoms with van der Waals surface area (Å²) in [6.07, 6.45) is 1.70. The number of rotatable bonds is 6. The average Bonchev–Trinajstić information content (AvgIpc) is 2.87. The summed E-state index contributed by atoms with van der Waals surface area (Å²) >= 11 is 1.21. The molecule has 1 aliphatic heterocycles. The van der Waals surface area contributed by atoms with Gasteiger partial charge >= 0.3 is 0 Å². The fraction of sp³-hybridized carbons (Fsp3) is 0.269. The van der Waals surface area contributed by atoms with Gasteiger partial charge in [0.25, 0.3) is 5.56 Å². The molecule has 0 fully saturated rings. The van der Waals surface area contributed by atoms with Gasteiger partial charge in [-0.15, -0.1) is 0 Å². The molecule has 0 radical (unpaired) electrons. The number of Topliss-reactive ketones (excluding diaryl/α,β-unsaturated/α-hetero) is 1. The van der Waals surface area contributed by atoms with Crippen molar-refractivity contribution in [2.24, 2.45) is 0 Å². The average molecular weight is 510 g/mol. The van der Waals surface area contributed by atoms with Crippen molar-refractivity contribution in [3.8, 4) is 17.2 Å². The fourth-order valence-electron chi connectivity index (χ4n) is 4.68. The minimum absolute atomic E-state index is 0.0530. The number of benzene rings is 2. The van der Waals surface area contributed by atoms with Gasteiger partial charge in [-0.1, -0.05) is 30.0 Å². The molecule has 10 heteroatoms. The molecule has 36 heavy (non-hydrogen) atoms. The molecule has 8 nitrogen and oxygen atoms in total. The van der Waals surface area contributed by atoms with Crippen molar-refractivity contribution in [2.75, 3.05) is 19.5 Å². The van der Waals surface area contributed by atoms with Crippen molar-refractivity contribution in [3.05, 3.63) is 80.5 Å². The zero-order valence-electron chi connectivity index (χ0n) is 19.7. The number of phenolic OH excluding ortho intramolecular Hbond substituents is 1. The van der Waals surface area contributed by atoms with Crippen LogP contribution in [0.1, 0.15) is 41.9 Å². The second-order valence-electron chi connectivity index (χ2n) is 8.51. The molecule has 1 atom stereocenters.